The highest BCUT2D eigenvalue weighted by atomic mass is 16.8. The van der Waals surface area contributed by atoms with Crippen molar-refractivity contribution in [2.24, 2.45) is 0 Å². The van der Waals surface area contributed by atoms with E-state index in [0.717, 1.165) is 0 Å². The second kappa shape index (κ2) is 3.88. The van der Waals surface area contributed by atoms with E-state index in [4.69, 9.17) is 23.7 Å². The second-order valence-electron chi connectivity index (χ2n) is 5.92. The Morgan fingerprint density at radius 2 is 1.56 bits per heavy atom. The van der Waals surface area contributed by atoms with Gasteiger partial charge in [0.2, 0.25) is 0 Å². The lowest BCUT2D eigenvalue weighted by molar-refractivity contribution is -0.236. The fraction of sp³-hybridized carbons (Fsp3) is 1.00. The van der Waals surface area contributed by atoms with Gasteiger partial charge >= 0.3 is 0 Å². The van der Waals surface area contributed by atoms with Crippen LogP contribution in [0.1, 0.15) is 27.7 Å². The molecule has 0 aromatic heterocycles. The third-order valence-electron chi connectivity index (χ3n) is 3.46. The molecule has 18 heavy (non-hydrogen) atoms. The largest absolute Gasteiger partial charge is 0.366 e. The SMILES string of the molecule is CC1(C)OC2[C@H](O)O[C@@H]([C@H]3COC(C)(C)O3)[C@@H]2O1. The maximum absolute atomic E-state index is 9.87. The van der Waals surface area contributed by atoms with Crippen LogP contribution in [-0.4, -0.2) is 54.0 Å². The Morgan fingerprint density at radius 3 is 2.17 bits per heavy atom. The summed E-state index contributed by atoms with van der Waals surface area (Å²) in [6.45, 7) is 7.78. The molecular formula is C12H20O6. The number of hydrogen-bond acceptors (Lipinski definition) is 6. The maximum atomic E-state index is 9.87. The highest BCUT2D eigenvalue weighted by Gasteiger charge is 2.58. The summed E-state index contributed by atoms with van der Waals surface area (Å²) in [6.07, 6.45) is -2.38. The number of ether oxygens (including phenoxy) is 5. The number of rotatable bonds is 1. The molecule has 0 aliphatic carbocycles. The average molecular weight is 260 g/mol. The Kier molecular flexibility index (Phi) is 2.75. The fourth-order valence-electron chi connectivity index (χ4n) is 2.78. The van der Waals surface area contributed by atoms with Gasteiger partial charge in [-0.15, -0.1) is 0 Å². The van der Waals surface area contributed by atoms with Crippen LogP contribution in [0.25, 0.3) is 0 Å². The first-order chi connectivity index (χ1) is 8.27. The van der Waals surface area contributed by atoms with E-state index in [1.54, 1.807) is 0 Å². The van der Waals surface area contributed by atoms with E-state index in [1.807, 2.05) is 27.7 Å². The highest BCUT2D eigenvalue weighted by molar-refractivity contribution is 4.99. The van der Waals surface area contributed by atoms with Gasteiger partial charge in [-0.1, -0.05) is 0 Å². The second-order valence-corrected chi connectivity index (χ2v) is 5.92. The maximum Gasteiger partial charge on any atom is 0.184 e. The topological polar surface area (TPSA) is 66.4 Å². The molecular weight excluding hydrogens is 240 g/mol. The van der Waals surface area contributed by atoms with Crippen LogP contribution >= 0.6 is 0 Å². The van der Waals surface area contributed by atoms with Gasteiger partial charge < -0.3 is 28.8 Å². The molecule has 3 fully saturated rings. The number of hydrogen-bond donors (Lipinski definition) is 1. The Hall–Kier alpha value is -0.240. The highest BCUT2D eigenvalue weighted by Crippen LogP contribution is 2.41. The minimum atomic E-state index is -0.978. The predicted octanol–water partition coefficient (Wildman–Crippen LogP) is 0.375. The number of aliphatic hydroxyl groups excluding tert-OH is 1. The standard InChI is InChI=1S/C12H20O6/c1-11(2)14-5-6(16-11)7-8-9(10(13)15-7)18-12(3,4)17-8/h6-10,13H,5H2,1-4H3/t6-,7+,8+,9?,10-/m1/s1. The molecule has 0 amide bonds. The Morgan fingerprint density at radius 1 is 0.889 bits per heavy atom. The van der Waals surface area contributed by atoms with Crippen molar-refractivity contribution < 1.29 is 28.8 Å². The van der Waals surface area contributed by atoms with Gasteiger partial charge in [-0.3, -0.25) is 0 Å². The van der Waals surface area contributed by atoms with Crippen LogP contribution in [0.3, 0.4) is 0 Å². The molecule has 3 rings (SSSR count). The molecule has 5 atom stereocenters. The molecule has 3 saturated heterocycles. The molecule has 0 aromatic rings. The summed E-state index contributed by atoms with van der Waals surface area (Å²) in [6, 6.07) is 0. The molecule has 0 radical (unpaired) electrons. The molecule has 0 aromatic carbocycles. The molecule has 3 heterocycles. The first kappa shape index (κ1) is 12.8. The summed E-state index contributed by atoms with van der Waals surface area (Å²) in [5.41, 5.74) is 0. The van der Waals surface area contributed by atoms with Gasteiger partial charge in [0.05, 0.1) is 6.61 Å². The lowest BCUT2D eigenvalue weighted by Gasteiger charge is -2.26. The van der Waals surface area contributed by atoms with E-state index in [1.165, 1.54) is 0 Å². The zero-order chi connectivity index (χ0) is 13.1. The smallest absolute Gasteiger partial charge is 0.184 e. The summed E-state index contributed by atoms with van der Waals surface area (Å²) in [5.74, 6) is -1.32. The van der Waals surface area contributed by atoms with Crippen LogP contribution in [0, 0.1) is 0 Å². The lowest BCUT2D eigenvalue weighted by atomic mass is 10.1. The van der Waals surface area contributed by atoms with E-state index in [2.05, 4.69) is 0 Å². The summed E-state index contributed by atoms with van der Waals surface area (Å²) in [7, 11) is 0. The minimum absolute atomic E-state index is 0.248. The molecule has 0 saturated carbocycles. The minimum Gasteiger partial charge on any atom is -0.366 e. The molecule has 3 aliphatic heterocycles. The quantitative estimate of drug-likeness (QED) is 0.735. The van der Waals surface area contributed by atoms with E-state index in [9.17, 15) is 5.11 Å². The van der Waals surface area contributed by atoms with Crippen molar-refractivity contribution in [1.82, 2.24) is 0 Å². The summed E-state index contributed by atoms with van der Waals surface area (Å²) in [4.78, 5) is 0. The molecule has 0 bridgehead atoms. The predicted molar refractivity (Wildman–Crippen MR) is 59.6 cm³/mol. The third-order valence-corrected chi connectivity index (χ3v) is 3.46. The van der Waals surface area contributed by atoms with Crippen molar-refractivity contribution >= 4 is 0 Å². The van der Waals surface area contributed by atoms with Crippen molar-refractivity contribution in [2.75, 3.05) is 6.61 Å². The molecule has 6 nitrogen and oxygen atoms in total. The van der Waals surface area contributed by atoms with Gasteiger partial charge in [0, 0.05) is 0 Å². The van der Waals surface area contributed by atoms with Gasteiger partial charge in [-0.05, 0) is 27.7 Å². The first-order valence-corrected chi connectivity index (χ1v) is 6.28. The van der Waals surface area contributed by atoms with Crippen LogP contribution in [-0.2, 0) is 23.7 Å². The van der Waals surface area contributed by atoms with Gasteiger partial charge in [0.25, 0.3) is 0 Å². The van der Waals surface area contributed by atoms with Gasteiger partial charge in [-0.25, -0.2) is 0 Å². The summed E-state index contributed by atoms with van der Waals surface area (Å²) < 4.78 is 28.2. The van der Waals surface area contributed by atoms with E-state index < -0.39 is 24.0 Å². The zero-order valence-corrected chi connectivity index (χ0v) is 11.1. The van der Waals surface area contributed by atoms with Gasteiger partial charge in [0.1, 0.15) is 24.4 Å². The Labute approximate surface area is 106 Å². The zero-order valence-electron chi connectivity index (χ0n) is 11.1. The van der Waals surface area contributed by atoms with Gasteiger partial charge in [0.15, 0.2) is 17.9 Å². The van der Waals surface area contributed by atoms with E-state index >= 15 is 0 Å². The summed E-state index contributed by atoms with van der Waals surface area (Å²) >= 11 is 0. The lowest BCUT2D eigenvalue weighted by Crippen LogP contribution is -2.40. The number of fused-ring (bicyclic) bond motifs is 1. The van der Waals surface area contributed by atoms with E-state index in [-0.39, 0.29) is 18.3 Å². The molecule has 3 aliphatic rings. The van der Waals surface area contributed by atoms with Crippen molar-refractivity contribution in [3.8, 4) is 0 Å². The number of aliphatic hydroxyl groups is 1. The monoisotopic (exact) mass is 260 g/mol. The molecule has 6 heteroatoms. The van der Waals surface area contributed by atoms with Crippen LogP contribution < -0.4 is 0 Å². The molecule has 104 valence electrons. The van der Waals surface area contributed by atoms with Crippen LogP contribution in [0.5, 0.6) is 0 Å². The first-order valence-electron chi connectivity index (χ1n) is 6.28. The third kappa shape index (κ3) is 2.07. The van der Waals surface area contributed by atoms with E-state index in [0.29, 0.717) is 6.61 Å². The fourth-order valence-corrected chi connectivity index (χ4v) is 2.78. The Balaban J connectivity index is 1.75. The van der Waals surface area contributed by atoms with Crippen LogP contribution in [0.4, 0.5) is 0 Å². The van der Waals surface area contributed by atoms with Crippen molar-refractivity contribution in [1.29, 1.82) is 0 Å². The van der Waals surface area contributed by atoms with Crippen LogP contribution in [0.15, 0.2) is 0 Å². The molecule has 0 spiro atoms. The summed E-state index contributed by atoms with van der Waals surface area (Å²) in [5, 5.41) is 9.87. The van der Waals surface area contributed by atoms with Crippen molar-refractivity contribution in [3.63, 3.8) is 0 Å². The van der Waals surface area contributed by atoms with Crippen molar-refractivity contribution in [3.05, 3.63) is 0 Å². The average Bonchev–Trinajstić information content (AvgIpc) is 2.81. The molecule has 1 N–H and O–H groups in total. The van der Waals surface area contributed by atoms with Crippen LogP contribution in [0.2, 0.25) is 0 Å². The van der Waals surface area contributed by atoms with Crippen molar-refractivity contribution in [2.45, 2.75) is 70.0 Å². The van der Waals surface area contributed by atoms with Gasteiger partial charge in [-0.2, -0.15) is 0 Å². The molecule has 1 unspecified atom stereocenters. The normalized spacial score (nSPS) is 49.5. The Bertz CT molecular complexity index is 341.